The van der Waals surface area contributed by atoms with Crippen LogP contribution in [0.1, 0.15) is 19.8 Å². The van der Waals surface area contributed by atoms with Crippen molar-refractivity contribution in [1.29, 1.82) is 0 Å². The molecule has 0 heterocycles. The van der Waals surface area contributed by atoms with Gasteiger partial charge in [0.25, 0.3) is 0 Å². The maximum Gasteiger partial charge on any atom is 0.407 e. The van der Waals surface area contributed by atoms with Crippen molar-refractivity contribution in [1.82, 2.24) is 5.32 Å². The minimum atomic E-state index is -1.39. The average Bonchev–Trinajstić information content (AvgIpc) is 2.51. The molecule has 0 radical (unpaired) electrons. The van der Waals surface area contributed by atoms with Gasteiger partial charge in [-0.15, -0.1) is 0 Å². The predicted octanol–water partition coefficient (Wildman–Crippen LogP) is 1.95. The van der Waals surface area contributed by atoms with Crippen molar-refractivity contribution in [3.63, 3.8) is 0 Å². The fraction of sp³-hybridized carbons (Fsp3) is 0.429. The van der Waals surface area contributed by atoms with Crippen LogP contribution in [0.15, 0.2) is 24.3 Å². The number of carboxylic acid groups (broad SMARTS) is 1. The molecule has 0 aliphatic rings. The number of hydrogen-bond donors (Lipinski definition) is 2. The quantitative estimate of drug-likeness (QED) is 0.403. The number of carbonyl (C=O) groups excluding carboxylic acids is 1. The van der Waals surface area contributed by atoms with Crippen molar-refractivity contribution in [3.8, 4) is 5.75 Å². The monoisotopic (exact) mass is 326 g/mol. The van der Waals surface area contributed by atoms with Crippen LogP contribution in [0.2, 0.25) is 0 Å². The van der Waals surface area contributed by atoms with E-state index in [0.717, 1.165) is 6.42 Å². The molecule has 9 heteroatoms. The number of rotatable bonds is 9. The van der Waals surface area contributed by atoms with Crippen molar-refractivity contribution >= 4 is 17.7 Å². The van der Waals surface area contributed by atoms with E-state index in [-0.39, 0.29) is 18.0 Å². The molecular formula is C14H18N2O7. The molecular weight excluding hydrogens is 308 g/mol. The van der Waals surface area contributed by atoms with Gasteiger partial charge in [-0.3, -0.25) is 10.1 Å². The maximum atomic E-state index is 11.5. The van der Waals surface area contributed by atoms with Gasteiger partial charge in [-0.1, -0.05) is 25.5 Å². The predicted molar refractivity (Wildman–Crippen MR) is 79.4 cm³/mol. The molecule has 0 bridgehead atoms. The molecule has 9 nitrogen and oxygen atoms in total. The van der Waals surface area contributed by atoms with E-state index in [2.05, 4.69) is 5.32 Å². The number of para-hydroxylation sites is 2. The zero-order valence-corrected chi connectivity index (χ0v) is 12.6. The molecule has 1 aromatic rings. The van der Waals surface area contributed by atoms with E-state index in [1.165, 1.54) is 24.3 Å². The summed E-state index contributed by atoms with van der Waals surface area (Å²) in [5.74, 6) is -1.42. The van der Waals surface area contributed by atoms with Crippen molar-refractivity contribution in [2.45, 2.75) is 25.8 Å². The van der Waals surface area contributed by atoms with Gasteiger partial charge in [-0.25, -0.2) is 9.59 Å². The zero-order valence-electron chi connectivity index (χ0n) is 12.6. The smallest absolute Gasteiger partial charge is 0.407 e. The van der Waals surface area contributed by atoms with Gasteiger partial charge in [0.15, 0.2) is 11.8 Å². The van der Waals surface area contributed by atoms with E-state index < -0.39 is 29.6 Å². The van der Waals surface area contributed by atoms with Crippen LogP contribution in [-0.4, -0.2) is 41.3 Å². The normalized spacial score (nSPS) is 11.3. The number of carboxylic acids is 1. The molecule has 1 amide bonds. The Labute approximate surface area is 132 Å². The SMILES string of the molecule is CCCCOC(=O)NC(COc1ccccc1[N+](=O)[O-])C(=O)O. The van der Waals surface area contributed by atoms with Crippen LogP contribution >= 0.6 is 0 Å². The summed E-state index contributed by atoms with van der Waals surface area (Å²) in [5, 5.41) is 22.0. The van der Waals surface area contributed by atoms with E-state index in [0.29, 0.717) is 6.42 Å². The van der Waals surface area contributed by atoms with E-state index in [1.807, 2.05) is 6.92 Å². The van der Waals surface area contributed by atoms with Gasteiger partial charge in [0.1, 0.15) is 6.61 Å². The summed E-state index contributed by atoms with van der Waals surface area (Å²) in [4.78, 5) is 32.8. The third-order valence-electron chi connectivity index (χ3n) is 2.79. The molecule has 126 valence electrons. The molecule has 0 aromatic heterocycles. The Bertz CT molecular complexity index is 562. The summed E-state index contributed by atoms with van der Waals surface area (Å²) in [6.07, 6.45) is 0.617. The lowest BCUT2D eigenvalue weighted by Crippen LogP contribution is -2.45. The number of nitro benzene ring substituents is 1. The highest BCUT2D eigenvalue weighted by molar-refractivity contribution is 5.80. The molecule has 0 fully saturated rings. The third kappa shape index (κ3) is 6.20. The summed E-state index contributed by atoms with van der Waals surface area (Å²) in [5.41, 5.74) is -0.290. The number of amides is 1. The number of nitro groups is 1. The molecule has 0 aliphatic carbocycles. The van der Waals surface area contributed by atoms with Crippen LogP contribution in [0, 0.1) is 10.1 Å². The van der Waals surface area contributed by atoms with Gasteiger partial charge in [0.05, 0.1) is 11.5 Å². The second-order valence-electron chi connectivity index (χ2n) is 4.56. The number of ether oxygens (including phenoxy) is 2. The zero-order chi connectivity index (χ0) is 17.2. The third-order valence-corrected chi connectivity index (χ3v) is 2.79. The first-order chi connectivity index (χ1) is 11.0. The van der Waals surface area contributed by atoms with Crippen LogP contribution in [0.5, 0.6) is 5.75 Å². The van der Waals surface area contributed by atoms with Crippen LogP contribution in [0.25, 0.3) is 0 Å². The fourth-order valence-corrected chi connectivity index (χ4v) is 1.57. The van der Waals surface area contributed by atoms with E-state index in [1.54, 1.807) is 0 Å². The first kappa shape index (κ1) is 18.2. The van der Waals surface area contributed by atoms with Gasteiger partial charge in [-0.05, 0) is 12.5 Å². The molecule has 0 aliphatic heterocycles. The lowest BCUT2D eigenvalue weighted by molar-refractivity contribution is -0.385. The highest BCUT2D eigenvalue weighted by atomic mass is 16.6. The van der Waals surface area contributed by atoms with Gasteiger partial charge < -0.3 is 19.9 Å². The van der Waals surface area contributed by atoms with Crippen LogP contribution in [0.4, 0.5) is 10.5 Å². The second-order valence-corrected chi connectivity index (χ2v) is 4.56. The lowest BCUT2D eigenvalue weighted by atomic mass is 10.3. The summed E-state index contributed by atoms with van der Waals surface area (Å²) in [6.45, 7) is 1.63. The Balaban J connectivity index is 2.62. The first-order valence-corrected chi connectivity index (χ1v) is 6.98. The first-order valence-electron chi connectivity index (χ1n) is 6.98. The maximum absolute atomic E-state index is 11.5. The van der Waals surface area contributed by atoms with Gasteiger partial charge in [-0.2, -0.15) is 0 Å². The Morgan fingerprint density at radius 2 is 2.09 bits per heavy atom. The van der Waals surface area contributed by atoms with Gasteiger partial charge >= 0.3 is 17.7 Å². The van der Waals surface area contributed by atoms with E-state index in [9.17, 15) is 19.7 Å². The molecule has 1 atom stereocenters. The highest BCUT2D eigenvalue weighted by Crippen LogP contribution is 2.25. The Morgan fingerprint density at radius 3 is 2.70 bits per heavy atom. The largest absolute Gasteiger partial charge is 0.484 e. The second kappa shape index (κ2) is 9.23. The van der Waals surface area contributed by atoms with Crippen molar-refractivity contribution < 1.29 is 29.1 Å². The highest BCUT2D eigenvalue weighted by Gasteiger charge is 2.23. The minimum Gasteiger partial charge on any atom is -0.484 e. The van der Waals surface area contributed by atoms with Gasteiger partial charge in [0, 0.05) is 6.07 Å². The van der Waals surface area contributed by atoms with Crippen molar-refractivity contribution in [2.75, 3.05) is 13.2 Å². The average molecular weight is 326 g/mol. The van der Waals surface area contributed by atoms with Crippen molar-refractivity contribution in [2.24, 2.45) is 0 Å². The standard InChI is InChI=1S/C14H18N2O7/c1-2-3-8-22-14(19)15-10(13(17)18)9-23-12-7-5-4-6-11(12)16(20)21/h4-7,10H,2-3,8-9H2,1H3,(H,15,19)(H,17,18). The van der Waals surface area contributed by atoms with Crippen LogP contribution in [-0.2, 0) is 9.53 Å². The van der Waals surface area contributed by atoms with Crippen LogP contribution < -0.4 is 10.1 Å². The number of alkyl carbamates (subject to hydrolysis) is 1. The van der Waals surface area contributed by atoms with E-state index in [4.69, 9.17) is 14.6 Å². The molecule has 1 aromatic carbocycles. The fourth-order valence-electron chi connectivity index (χ4n) is 1.57. The number of nitrogens with one attached hydrogen (secondary N) is 1. The van der Waals surface area contributed by atoms with E-state index >= 15 is 0 Å². The molecule has 1 unspecified atom stereocenters. The van der Waals surface area contributed by atoms with Crippen molar-refractivity contribution in [3.05, 3.63) is 34.4 Å². The topological polar surface area (TPSA) is 128 Å². The lowest BCUT2D eigenvalue weighted by Gasteiger charge is -2.15. The summed E-state index contributed by atoms with van der Waals surface area (Å²) < 4.78 is 9.96. The number of carbonyl (C=O) groups is 2. The summed E-state index contributed by atoms with van der Waals surface area (Å²) in [7, 11) is 0. The molecule has 0 spiro atoms. The number of hydrogen-bond acceptors (Lipinski definition) is 6. The number of unbranched alkanes of at least 4 members (excludes halogenated alkanes) is 1. The Hall–Kier alpha value is -2.84. The molecule has 0 saturated carbocycles. The molecule has 0 saturated heterocycles. The number of benzene rings is 1. The van der Waals surface area contributed by atoms with Gasteiger partial charge in [0.2, 0.25) is 0 Å². The molecule has 2 N–H and O–H groups in total. The molecule has 23 heavy (non-hydrogen) atoms. The Kier molecular flexibility index (Phi) is 7.31. The Morgan fingerprint density at radius 1 is 1.39 bits per heavy atom. The molecule has 1 rings (SSSR count). The number of nitrogens with zero attached hydrogens (tertiary/aromatic N) is 1. The number of aliphatic carboxylic acids is 1. The minimum absolute atomic E-state index is 0.0788. The summed E-state index contributed by atoms with van der Waals surface area (Å²) >= 11 is 0. The summed E-state index contributed by atoms with van der Waals surface area (Å²) in [6, 6.07) is 4.17. The van der Waals surface area contributed by atoms with Crippen LogP contribution in [0.3, 0.4) is 0 Å².